The monoisotopic (exact) mass is 415 g/mol. The Balaban J connectivity index is 1.82. The number of aromatic nitrogens is 1. The average molecular weight is 416 g/mol. The molecule has 146 valence electrons. The van der Waals surface area contributed by atoms with Crippen molar-refractivity contribution in [2.45, 2.75) is 49.3 Å². The van der Waals surface area contributed by atoms with Gasteiger partial charge in [-0.1, -0.05) is 30.3 Å². The standard InChI is InChI=1S/C21H22ClN3O2S/c1-3-19(20(26)24-17-11-15(22)8-9-18(17)27-2)28-21-14(12-23)10-13-6-4-5-7-16(13)25-21/h8-11,19H,3-7H2,1-2H3,(H,24,26). The zero-order valence-corrected chi connectivity index (χ0v) is 17.5. The van der Waals surface area contributed by atoms with Crippen LogP contribution in [0.3, 0.4) is 0 Å². The van der Waals surface area contributed by atoms with E-state index in [1.807, 2.05) is 13.0 Å². The van der Waals surface area contributed by atoms with E-state index in [9.17, 15) is 10.1 Å². The summed E-state index contributed by atoms with van der Waals surface area (Å²) in [6, 6.07) is 9.26. The first-order valence-electron chi connectivity index (χ1n) is 9.29. The number of amides is 1. The number of benzene rings is 1. The number of hydrogen-bond donors (Lipinski definition) is 1. The van der Waals surface area contributed by atoms with Gasteiger partial charge in [-0.25, -0.2) is 4.98 Å². The molecule has 2 aromatic rings. The summed E-state index contributed by atoms with van der Waals surface area (Å²) in [5, 5.41) is 13.2. The Morgan fingerprint density at radius 1 is 1.39 bits per heavy atom. The predicted octanol–water partition coefficient (Wildman–Crippen LogP) is 5.00. The zero-order chi connectivity index (χ0) is 20.1. The van der Waals surface area contributed by atoms with E-state index in [1.165, 1.54) is 11.8 Å². The number of hydrogen-bond acceptors (Lipinski definition) is 5. The van der Waals surface area contributed by atoms with E-state index < -0.39 is 0 Å². The van der Waals surface area contributed by atoms with Crippen molar-refractivity contribution in [3.63, 3.8) is 0 Å². The van der Waals surface area contributed by atoms with Gasteiger partial charge in [-0.3, -0.25) is 4.79 Å². The molecule has 1 aliphatic carbocycles. The summed E-state index contributed by atoms with van der Waals surface area (Å²) >= 11 is 7.39. The molecule has 0 radical (unpaired) electrons. The molecule has 1 amide bonds. The minimum absolute atomic E-state index is 0.170. The number of anilines is 1. The molecule has 1 N–H and O–H groups in total. The van der Waals surface area contributed by atoms with Gasteiger partial charge in [-0.15, -0.1) is 0 Å². The summed E-state index contributed by atoms with van der Waals surface area (Å²) in [6.07, 6.45) is 4.74. The fourth-order valence-corrected chi connectivity index (χ4v) is 4.40. The molecule has 7 heteroatoms. The molecule has 28 heavy (non-hydrogen) atoms. The van der Waals surface area contributed by atoms with Gasteiger partial charge in [0.2, 0.25) is 5.91 Å². The summed E-state index contributed by atoms with van der Waals surface area (Å²) in [4.78, 5) is 17.6. The SMILES string of the molecule is CCC(Sc1nc2c(cc1C#N)CCCC2)C(=O)Nc1cc(Cl)ccc1OC. The number of thioether (sulfide) groups is 1. The number of pyridine rings is 1. The molecule has 1 aromatic carbocycles. The van der Waals surface area contributed by atoms with Crippen LogP contribution in [0.15, 0.2) is 29.3 Å². The van der Waals surface area contributed by atoms with E-state index in [2.05, 4.69) is 11.4 Å². The van der Waals surface area contributed by atoms with Crippen molar-refractivity contribution < 1.29 is 9.53 Å². The number of halogens is 1. The van der Waals surface area contributed by atoms with Crippen LogP contribution in [-0.2, 0) is 17.6 Å². The molecule has 1 aromatic heterocycles. The largest absolute Gasteiger partial charge is 0.495 e. The topological polar surface area (TPSA) is 75.0 Å². The highest BCUT2D eigenvalue weighted by atomic mass is 35.5. The summed E-state index contributed by atoms with van der Waals surface area (Å²) in [6.45, 7) is 1.94. The van der Waals surface area contributed by atoms with Crippen molar-refractivity contribution in [3.8, 4) is 11.8 Å². The van der Waals surface area contributed by atoms with Gasteiger partial charge >= 0.3 is 0 Å². The number of aryl methyl sites for hydroxylation is 2. The van der Waals surface area contributed by atoms with E-state index in [1.54, 1.807) is 25.3 Å². The second kappa shape index (κ2) is 9.31. The number of nitriles is 1. The first-order valence-corrected chi connectivity index (χ1v) is 10.6. The highest BCUT2D eigenvalue weighted by Crippen LogP contribution is 2.33. The average Bonchev–Trinajstić information content (AvgIpc) is 2.71. The lowest BCUT2D eigenvalue weighted by atomic mass is 9.95. The van der Waals surface area contributed by atoms with Crippen molar-refractivity contribution in [1.29, 1.82) is 5.26 Å². The molecule has 0 fully saturated rings. The normalized spacial score (nSPS) is 13.9. The molecule has 0 spiro atoms. The third-order valence-corrected chi connectivity index (χ3v) is 6.32. The van der Waals surface area contributed by atoms with Crippen LogP contribution in [0.25, 0.3) is 0 Å². The highest BCUT2D eigenvalue weighted by molar-refractivity contribution is 8.00. The Morgan fingerprint density at radius 3 is 2.89 bits per heavy atom. The Hall–Kier alpha value is -2.23. The maximum atomic E-state index is 12.9. The molecular formula is C21H22ClN3O2S. The third-order valence-electron chi connectivity index (χ3n) is 4.72. The molecule has 0 saturated carbocycles. The lowest BCUT2D eigenvalue weighted by Crippen LogP contribution is -2.25. The molecule has 1 unspecified atom stereocenters. The van der Waals surface area contributed by atoms with Gasteiger partial charge in [-0.2, -0.15) is 5.26 Å². The summed E-state index contributed by atoms with van der Waals surface area (Å²) in [7, 11) is 1.54. The molecule has 0 bridgehead atoms. The van der Waals surface area contributed by atoms with Crippen LogP contribution in [0.2, 0.25) is 5.02 Å². The van der Waals surface area contributed by atoms with Gasteiger partial charge in [-0.05, 0) is 61.9 Å². The molecule has 3 rings (SSSR count). The second-order valence-corrected chi connectivity index (χ2v) is 8.24. The molecule has 0 aliphatic heterocycles. The van der Waals surface area contributed by atoms with Gasteiger partial charge in [0, 0.05) is 10.7 Å². The van der Waals surface area contributed by atoms with Crippen LogP contribution in [-0.4, -0.2) is 23.3 Å². The fourth-order valence-electron chi connectivity index (χ4n) is 3.23. The molecule has 5 nitrogen and oxygen atoms in total. The van der Waals surface area contributed by atoms with Crippen molar-refractivity contribution in [2.24, 2.45) is 0 Å². The Labute approximate surface area is 174 Å². The van der Waals surface area contributed by atoms with E-state index in [4.69, 9.17) is 21.3 Å². The summed E-state index contributed by atoms with van der Waals surface area (Å²) < 4.78 is 5.30. The van der Waals surface area contributed by atoms with Gasteiger partial charge in [0.15, 0.2) is 0 Å². The van der Waals surface area contributed by atoms with E-state index in [0.717, 1.165) is 36.9 Å². The molecule has 0 saturated heterocycles. The van der Waals surface area contributed by atoms with Crippen LogP contribution in [0.5, 0.6) is 5.75 Å². The van der Waals surface area contributed by atoms with E-state index >= 15 is 0 Å². The highest BCUT2D eigenvalue weighted by Gasteiger charge is 2.23. The number of carbonyl (C=O) groups excluding carboxylic acids is 1. The smallest absolute Gasteiger partial charge is 0.238 e. The van der Waals surface area contributed by atoms with Crippen molar-refractivity contribution >= 4 is 35.0 Å². The Kier molecular flexibility index (Phi) is 6.82. The number of methoxy groups -OCH3 is 1. The van der Waals surface area contributed by atoms with Crippen molar-refractivity contribution in [2.75, 3.05) is 12.4 Å². The number of nitrogens with zero attached hydrogens (tertiary/aromatic N) is 2. The maximum Gasteiger partial charge on any atom is 0.238 e. The van der Waals surface area contributed by atoms with E-state index in [0.29, 0.717) is 33.5 Å². The fraction of sp³-hybridized carbons (Fsp3) is 0.381. The molecule has 1 aliphatic rings. The molecular weight excluding hydrogens is 394 g/mol. The first kappa shape index (κ1) is 20.5. The van der Waals surface area contributed by atoms with Gasteiger partial charge in [0.05, 0.1) is 23.6 Å². The van der Waals surface area contributed by atoms with Crippen LogP contribution in [0.1, 0.15) is 43.0 Å². The Bertz CT molecular complexity index is 927. The lowest BCUT2D eigenvalue weighted by molar-refractivity contribution is -0.115. The zero-order valence-electron chi connectivity index (χ0n) is 15.9. The summed E-state index contributed by atoms with van der Waals surface area (Å²) in [5.74, 6) is 0.374. The number of ether oxygens (including phenoxy) is 1. The van der Waals surface area contributed by atoms with Crippen LogP contribution in [0.4, 0.5) is 5.69 Å². The van der Waals surface area contributed by atoms with Crippen LogP contribution in [0, 0.1) is 11.3 Å². The van der Waals surface area contributed by atoms with Crippen molar-refractivity contribution in [3.05, 3.63) is 46.1 Å². The first-order chi connectivity index (χ1) is 13.5. The van der Waals surface area contributed by atoms with Gasteiger partial charge in [0.1, 0.15) is 16.8 Å². The number of nitrogens with one attached hydrogen (secondary N) is 1. The minimum Gasteiger partial charge on any atom is -0.495 e. The van der Waals surface area contributed by atoms with Crippen molar-refractivity contribution in [1.82, 2.24) is 4.98 Å². The molecule has 1 atom stereocenters. The predicted molar refractivity (Wildman–Crippen MR) is 112 cm³/mol. The van der Waals surface area contributed by atoms with Gasteiger partial charge < -0.3 is 10.1 Å². The second-order valence-electron chi connectivity index (χ2n) is 6.61. The lowest BCUT2D eigenvalue weighted by Gasteiger charge is -2.19. The van der Waals surface area contributed by atoms with Gasteiger partial charge in [0.25, 0.3) is 0 Å². The molecule has 1 heterocycles. The maximum absolute atomic E-state index is 12.9. The minimum atomic E-state index is -0.384. The number of rotatable bonds is 6. The quantitative estimate of drug-likeness (QED) is 0.671. The number of carbonyl (C=O) groups is 1. The van der Waals surface area contributed by atoms with E-state index in [-0.39, 0.29) is 11.2 Å². The third kappa shape index (κ3) is 4.60. The summed E-state index contributed by atoms with van der Waals surface area (Å²) in [5.41, 5.74) is 3.28. The van der Waals surface area contributed by atoms with Crippen LogP contribution < -0.4 is 10.1 Å². The van der Waals surface area contributed by atoms with Crippen LogP contribution >= 0.6 is 23.4 Å². The Morgan fingerprint density at radius 2 is 2.18 bits per heavy atom. The number of fused-ring (bicyclic) bond motifs is 1.